The zero-order valence-electron chi connectivity index (χ0n) is 11.3. The normalized spacial score (nSPS) is 10.8. The van der Waals surface area contributed by atoms with Crippen LogP contribution in [0.25, 0.3) is 5.69 Å². The van der Waals surface area contributed by atoms with Crippen LogP contribution in [-0.4, -0.2) is 21.3 Å². The van der Waals surface area contributed by atoms with E-state index in [1.807, 2.05) is 23.9 Å². The number of hydrogen-bond acceptors (Lipinski definition) is 3. The van der Waals surface area contributed by atoms with Gasteiger partial charge in [0, 0.05) is 18.4 Å². The predicted molar refractivity (Wildman–Crippen MR) is 72.8 cm³/mol. The number of hydrogen-bond donors (Lipinski definition) is 1. The number of nitrogens with zero attached hydrogens (tertiary/aromatic N) is 3. The molecule has 4 nitrogen and oxygen atoms in total. The summed E-state index contributed by atoms with van der Waals surface area (Å²) in [5.41, 5.74) is 4.30. The fraction of sp³-hybridized carbons (Fsp3) is 0.429. The first-order valence-electron chi connectivity index (χ1n) is 6.40. The van der Waals surface area contributed by atoms with Crippen molar-refractivity contribution in [2.24, 2.45) is 0 Å². The number of nitrogens with one attached hydrogen (secondary N) is 1. The molecule has 0 atom stereocenters. The van der Waals surface area contributed by atoms with Gasteiger partial charge in [0.05, 0.1) is 17.1 Å². The van der Waals surface area contributed by atoms with E-state index in [9.17, 15) is 0 Å². The maximum atomic E-state index is 4.49. The van der Waals surface area contributed by atoms with E-state index >= 15 is 0 Å². The zero-order chi connectivity index (χ0) is 13.0. The maximum Gasteiger partial charge on any atom is 0.0682 e. The zero-order valence-corrected chi connectivity index (χ0v) is 11.3. The summed E-state index contributed by atoms with van der Waals surface area (Å²) >= 11 is 0. The molecular weight excluding hydrogens is 224 g/mol. The molecule has 2 heterocycles. The Bertz CT molecular complexity index is 516. The number of rotatable bonds is 5. The van der Waals surface area contributed by atoms with Crippen LogP contribution in [0.1, 0.15) is 30.4 Å². The van der Waals surface area contributed by atoms with Crippen molar-refractivity contribution >= 4 is 0 Å². The van der Waals surface area contributed by atoms with E-state index < -0.39 is 0 Å². The number of aryl methyl sites for hydroxylation is 2. The van der Waals surface area contributed by atoms with Crippen LogP contribution in [0.2, 0.25) is 0 Å². The molecule has 0 bridgehead atoms. The highest BCUT2D eigenvalue weighted by molar-refractivity contribution is 5.33. The van der Waals surface area contributed by atoms with Crippen molar-refractivity contribution in [1.82, 2.24) is 20.1 Å². The Kier molecular flexibility index (Phi) is 4.10. The van der Waals surface area contributed by atoms with Crippen molar-refractivity contribution in [3.05, 3.63) is 41.5 Å². The van der Waals surface area contributed by atoms with Gasteiger partial charge in [-0.3, -0.25) is 4.98 Å². The molecule has 0 saturated heterocycles. The molecule has 2 aromatic heterocycles. The van der Waals surface area contributed by atoms with E-state index in [1.54, 1.807) is 0 Å². The van der Waals surface area contributed by atoms with Crippen LogP contribution < -0.4 is 5.32 Å². The summed E-state index contributed by atoms with van der Waals surface area (Å²) in [6, 6.07) is 6.15. The fourth-order valence-corrected chi connectivity index (χ4v) is 1.98. The first kappa shape index (κ1) is 12.8. The number of aromatic nitrogens is 3. The molecule has 2 aromatic rings. The van der Waals surface area contributed by atoms with Gasteiger partial charge in [-0.05, 0) is 45.0 Å². The van der Waals surface area contributed by atoms with Gasteiger partial charge >= 0.3 is 0 Å². The third-order valence-electron chi connectivity index (χ3n) is 2.79. The molecule has 2 rings (SSSR count). The summed E-state index contributed by atoms with van der Waals surface area (Å²) in [7, 11) is 0. The molecule has 0 saturated carbocycles. The molecule has 0 amide bonds. The number of pyridine rings is 1. The van der Waals surface area contributed by atoms with Gasteiger partial charge in [-0.15, -0.1) is 0 Å². The van der Waals surface area contributed by atoms with Crippen molar-refractivity contribution in [1.29, 1.82) is 0 Å². The van der Waals surface area contributed by atoms with Crippen LogP contribution >= 0.6 is 0 Å². The molecule has 0 unspecified atom stereocenters. The lowest BCUT2D eigenvalue weighted by molar-refractivity contribution is 0.663. The topological polar surface area (TPSA) is 42.7 Å². The quantitative estimate of drug-likeness (QED) is 0.821. The molecule has 0 fully saturated rings. The molecule has 0 aliphatic rings. The standard InChI is InChI=1S/C14H20N4/c1-4-6-15-10-13-9-14(5-7-16-13)18-12(3)8-11(2)17-18/h5,7-9,15H,4,6,10H2,1-3H3. The Morgan fingerprint density at radius 2 is 2.11 bits per heavy atom. The molecule has 0 aliphatic carbocycles. The van der Waals surface area contributed by atoms with Crippen LogP contribution in [0, 0.1) is 13.8 Å². The van der Waals surface area contributed by atoms with Crippen LogP contribution in [-0.2, 0) is 6.54 Å². The highest BCUT2D eigenvalue weighted by Crippen LogP contribution is 2.12. The average Bonchev–Trinajstić information content (AvgIpc) is 2.69. The van der Waals surface area contributed by atoms with Gasteiger partial charge < -0.3 is 5.32 Å². The third kappa shape index (κ3) is 2.96. The van der Waals surface area contributed by atoms with Gasteiger partial charge in [0.25, 0.3) is 0 Å². The lowest BCUT2D eigenvalue weighted by Gasteiger charge is -2.07. The minimum Gasteiger partial charge on any atom is -0.311 e. The van der Waals surface area contributed by atoms with Gasteiger partial charge in [-0.25, -0.2) is 4.68 Å². The smallest absolute Gasteiger partial charge is 0.0682 e. The highest BCUT2D eigenvalue weighted by Gasteiger charge is 2.04. The van der Waals surface area contributed by atoms with Crippen molar-refractivity contribution in [3.63, 3.8) is 0 Å². The van der Waals surface area contributed by atoms with Crippen molar-refractivity contribution in [2.75, 3.05) is 6.54 Å². The van der Waals surface area contributed by atoms with Crippen LogP contribution in [0.5, 0.6) is 0 Å². The lowest BCUT2D eigenvalue weighted by Crippen LogP contribution is -2.15. The van der Waals surface area contributed by atoms with Gasteiger partial charge in [-0.2, -0.15) is 5.10 Å². The van der Waals surface area contributed by atoms with E-state index in [-0.39, 0.29) is 0 Å². The predicted octanol–water partition coefficient (Wildman–Crippen LogP) is 2.38. The highest BCUT2D eigenvalue weighted by atomic mass is 15.3. The van der Waals surface area contributed by atoms with Gasteiger partial charge in [0.1, 0.15) is 0 Å². The lowest BCUT2D eigenvalue weighted by atomic mass is 10.3. The molecule has 0 aromatic carbocycles. The molecule has 1 N–H and O–H groups in total. The first-order valence-corrected chi connectivity index (χ1v) is 6.40. The Hall–Kier alpha value is -1.68. The van der Waals surface area contributed by atoms with Gasteiger partial charge in [0.2, 0.25) is 0 Å². The second-order valence-electron chi connectivity index (χ2n) is 4.52. The maximum absolute atomic E-state index is 4.49. The molecule has 0 aliphatic heterocycles. The fourth-order valence-electron chi connectivity index (χ4n) is 1.98. The summed E-state index contributed by atoms with van der Waals surface area (Å²) in [5.74, 6) is 0. The van der Waals surface area contributed by atoms with Crippen molar-refractivity contribution in [2.45, 2.75) is 33.7 Å². The van der Waals surface area contributed by atoms with Crippen molar-refractivity contribution in [3.8, 4) is 5.69 Å². The molecule has 18 heavy (non-hydrogen) atoms. The van der Waals surface area contributed by atoms with E-state index in [1.165, 1.54) is 0 Å². The minimum atomic E-state index is 0.807. The summed E-state index contributed by atoms with van der Waals surface area (Å²) in [5, 5.41) is 7.84. The van der Waals surface area contributed by atoms with E-state index in [2.05, 4.69) is 41.4 Å². The van der Waals surface area contributed by atoms with E-state index in [0.717, 1.165) is 42.3 Å². The molecule has 0 spiro atoms. The summed E-state index contributed by atoms with van der Waals surface area (Å²) in [6.45, 7) is 8.06. The second-order valence-corrected chi connectivity index (χ2v) is 4.52. The molecule has 96 valence electrons. The second kappa shape index (κ2) is 5.78. The van der Waals surface area contributed by atoms with Crippen LogP contribution in [0.3, 0.4) is 0 Å². The summed E-state index contributed by atoms with van der Waals surface area (Å²) in [6.07, 6.45) is 2.98. The Labute approximate surface area is 108 Å². The monoisotopic (exact) mass is 244 g/mol. The van der Waals surface area contributed by atoms with Gasteiger partial charge in [-0.1, -0.05) is 6.92 Å². The van der Waals surface area contributed by atoms with Crippen LogP contribution in [0.4, 0.5) is 0 Å². The minimum absolute atomic E-state index is 0.807. The third-order valence-corrected chi connectivity index (χ3v) is 2.79. The molecular formula is C14H20N4. The van der Waals surface area contributed by atoms with E-state index in [4.69, 9.17) is 0 Å². The summed E-state index contributed by atoms with van der Waals surface area (Å²) in [4.78, 5) is 4.37. The molecule has 4 heteroatoms. The van der Waals surface area contributed by atoms with Crippen molar-refractivity contribution < 1.29 is 0 Å². The Balaban J connectivity index is 2.19. The SMILES string of the molecule is CCCNCc1cc(-n2nc(C)cc2C)ccn1. The van der Waals surface area contributed by atoms with Gasteiger partial charge in [0.15, 0.2) is 0 Å². The Morgan fingerprint density at radius 1 is 1.28 bits per heavy atom. The Morgan fingerprint density at radius 3 is 2.78 bits per heavy atom. The van der Waals surface area contributed by atoms with E-state index in [0.29, 0.717) is 0 Å². The molecule has 0 radical (unpaired) electrons. The first-order chi connectivity index (χ1) is 8.70. The average molecular weight is 244 g/mol. The van der Waals surface area contributed by atoms with Crippen LogP contribution in [0.15, 0.2) is 24.4 Å². The largest absolute Gasteiger partial charge is 0.311 e. The summed E-state index contributed by atoms with van der Waals surface area (Å²) < 4.78 is 1.96.